The summed E-state index contributed by atoms with van der Waals surface area (Å²) in [7, 11) is 1.55. The van der Waals surface area contributed by atoms with Crippen molar-refractivity contribution in [3.63, 3.8) is 0 Å². The summed E-state index contributed by atoms with van der Waals surface area (Å²) in [6, 6.07) is 18.0. The zero-order chi connectivity index (χ0) is 17.6. The second-order valence-electron chi connectivity index (χ2n) is 5.56. The SMILES string of the molecule is COc1cccc(C(=O)NC[C@@H](O)c2ccc(-c3ccco3)cc2)c1. The van der Waals surface area contributed by atoms with Gasteiger partial charge in [0, 0.05) is 17.7 Å². The maximum atomic E-state index is 12.2. The van der Waals surface area contributed by atoms with Gasteiger partial charge in [-0.15, -0.1) is 0 Å². The molecule has 1 aromatic heterocycles. The highest BCUT2D eigenvalue weighted by molar-refractivity contribution is 5.94. The highest BCUT2D eigenvalue weighted by atomic mass is 16.5. The van der Waals surface area contributed by atoms with Crippen molar-refractivity contribution >= 4 is 5.91 Å². The van der Waals surface area contributed by atoms with E-state index in [1.807, 2.05) is 36.4 Å². The molecule has 1 amide bonds. The van der Waals surface area contributed by atoms with E-state index in [9.17, 15) is 9.90 Å². The first kappa shape index (κ1) is 16.8. The molecule has 0 aliphatic carbocycles. The third kappa shape index (κ3) is 4.08. The minimum atomic E-state index is -0.791. The molecule has 3 aromatic rings. The number of rotatable bonds is 6. The fraction of sp³-hybridized carbons (Fsp3) is 0.150. The van der Waals surface area contributed by atoms with Crippen LogP contribution >= 0.6 is 0 Å². The molecule has 0 saturated carbocycles. The number of methoxy groups -OCH3 is 1. The van der Waals surface area contributed by atoms with E-state index in [1.54, 1.807) is 37.6 Å². The highest BCUT2D eigenvalue weighted by Crippen LogP contribution is 2.22. The van der Waals surface area contributed by atoms with Gasteiger partial charge in [0.2, 0.25) is 0 Å². The molecule has 0 fully saturated rings. The van der Waals surface area contributed by atoms with Gasteiger partial charge in [-0.05, 0) is 35.9 Å². The number of carbonyl (C=O) groups excluding carboxylic acids is 1. The lowest BCUT2D eigenvalue weighted by atomic mass is 10.1. The molecule has 0 aliphatic heterocycles. The van der Waals surface area contributed by atoms with E-state index in [0.29, 0.717) is 11.3 Å². The van der Waals surface area contributed by atoms with Gasteiger partial charge in [0.1, 0.15) is 11.5 Å². The largest absolute Gasteiger partial charge is 0.497 e. The summed E-state index contributed by atoms with van der Waals surface area (Å²) in [5, 5.41) is 13.0. The van der Waals surface area contributed by atoms with Gasteiger partial charge in [-0.25, -0.2) is 0 Å². The van der Waals surface area contributed by atoms with E-state index in [2.05, 4.69) is 5.32 Å². The molecule has 1 atom stereocenters. The number of benzene rings is 2. The van der Waals surface area contributed by atoms with Crippen LogP contribution in [0.15, 0.2) is 71.3 Å². The molecule has 3 rings (SSSR count). The average molecular weight is 337 g/mol. The lowest BCUT2D eigenvalue weighted by Crippen LogP contribution is -2.28. The Morgan fingerprint density at radius 2 is 1.96 bits per heavy atom. The molecule has 0 bridgehead atoms. The Kier molecular flexibility index (Phi) is 5.16. The monoisotopic (exact) mass is 337 g/mol. The second kappa shape index (κ2) is 7.68. The van der Waals surface area contributed by atoms with Crippen molar-refractivity contribution in [3.8, 4) is 17.1 Å². The van der Waals surface area contributed by atoms with Crippen molar-refractivity contribution < 1.29 is 19.1 Å². The number of carbonyl (C=O) groups is 1. The Balaban J connectivity index is 1.60. The van der Waals surface area contributed by atoms with Crippen LogP contribution in [0.4, 0.5) is 0 Å². The number of aliphatic hydroxyl groups is 1. The summed E-state index contributed by atoms with van der Waals surface area (Å²) >= 11 is 0. The topological polar surface area (TPSA) is 71.7 Å². The lowest BCUT2D eigenvalue weighted by Gasteiger charge is -2.13. The van der Waals surface area contributed by atoms with Crippen molar-refractivity contribution in [3.05, 3.63) is 78.1 Å². The maximum Gasteiger partial charge on any atom is 0.251 e. The van der Waals surface area contributed by atoms with Crippen LogP contribution in [0.3, 0.4) is 0 Å². The molecule has 5 nitrogen and oxygen atoms in total. The molecule has 1 heterocycles. The smallest absolute Gasteiger partial charge is 0.251 e. The number of hydrogen-bond acceptors (Lipinski definition) is 4. The highest BCUT2D eigenvalue weighted by Gasteiger charge is 2.12. The summed E-state index contributed by atoms with van der Waals surface area (Å²) in [5.41, 5.74) is 2.14. The van der Waals surface area contributed by atoms with Crippen LogP contribution in [-0.2, 0) is 0 Å². The molecule has 25 heavy (non-hydrogen) atoms. The zero-order valence-corrected chi connectivity index (χ0v) is 13.8. The molecule has 0 saturated heterocycles. The second-order valence-corrected chi connectivity index (χ2v) is 5.56. The van der Waals surface area contributed by atoms with E-state index >= 15 is 0 Å². The van der Waals surface area contributed by atoms with Crippen LogP contribution in [0.25, 0.3) is 11.3 Å². The number of ether oxygens (including phenoxy) is 1. The van der Waals surface area contributed by atoms with Crippen LogP contribution < -0.4 is 10.1 Å². The van der Waals surface area contributed by atoms with Gasteiger partial charge in [0.25, 0.3) is 5.91 Å². The summed E-state index contributed by atoms with van der Waals surface area (Å²) < 4.78 is 10.4. The van der Waals surface area contributed by atoms with Gasteiger partial charge < -0.3 is 19.6 Å². The predicted octanol–water partition coefficient (Wildman–Crippen LogP) is 3.42. The van der Waals surface area contributed by atoms with E-state index < -0.39 is 6.10 Å². The fourth-order valence-electron chi connectivity index (χ4n) is 2.49. The Bertz CT molecular complexity index is 825. The van der Waals surface area contributed by atoms with Crippen LogP contribution in [0, 0.1) is 0 Å². The van der Waals surface area contributed by atoms with Gasteiger partial charge in [-0.1, -0.05) is 30.3 Å². The molecule has 5 heteroatoms. The minimum absolute atomic E-state index is 0.121. The van der Waals surface area contributed by atoms with Crippen molar-refractivity contribution in [1.29, 1.82) is 0 Å². The number of amides is 1. The van der Waals surface area contributed by atoms with Crippen molar-refractivity contribution in [1.82, 2.24) is 5.32 Å². The van der Waals surface area contributed by atoms with Crippen LogP contribution in [0.1, 0.15) is 22.0 Å². The van der Waals surface area contributed by atoms with Crippen LogP contribution in [0.2, 0.25) is 0 Å². The number of nitrogens with one attached hydrogen (secondary N) is 1. The zero-order valence-electron chi connectivity index (χ0n) is 13.8. The summed E-state index contributed by atoms with van der Waals surface area (Å²) in [6.07, 6.45) is 0.826. The first-order chi connectivity index (χ1) is 12.2. The maximum absolute atomic E-state index is 12.2. The Morgan fingerprint density at radius 1 is 1.16 bits per heavy atom. The lowest BCUT2D eigenvalue weighted by molar-refractivity contribution is 0.0916. The van der Waals surface area contributed by atoms with Crippen LogP contribution in [0.5, 0.6) is 5.75 Å². The van der Waals surface area contributed by atoms with E-state index in [-0.39, 0.29) is 12.5 Å². The van der Waals surface area contributed by atoms with Crippen molar-refractivity contribution in [2.24, 2.45) is 0 Å². The van der Waals surface area contributed by atoms with Gasteiger partial charge >= 0.3 is 0 Å². The van der Waals surface area contributed by atoms with Gasteiger partial charge in [-0.2, -0.15) is 0 Å². The predicted molar refractivity (Wildman–Crippen MR) is 94.4 cm³/mol. The fourth-order valence-corrected chi connectivity index (χ4v) is 2.49. The van der Waals surface area contributed by atoms with E-state index in [4.69, 9.17) is 9.15 Å². The van der Waals surface area contributed by atoms with E-state index in [1.165, 1.54) is 0 Å². The third-order valence-electron chi connectivity index (χ3n) is 3.89. The average Bonchev–Trinajstić information content (AvgIpc) is 3.20. The minimum Gasteiger partial charge on any atom is -0.497 e. The number of furan rings is 1. The van der Waals surface area contributed by atoms with Gasteiger partial charge in [-0.3, -0.25) is 4.79 Å². The number of hydrogen-bond donors (Lipinski definition) is 2. The molecule has 0 unspecified atom stereocenters. The Labute approximate surface area is 145 Å². The molecular weight excluding hydrogens is 318 g/mol. The van der Waals surface area contributed by atoms with E-state index in [0.717, 1.165) is 16.9 Å². The first-order valence-corrected chi connectivity index (χ1v) is 7.91. The molecule has 0 aliphatic rings. The molecular formula is C20H19NO4. The van der Waals surface area contributed by atoms with Gasteiger partial charge in [0.05, 0.1) is 19.5 Å². The summed E-state index contributed by atoms with van der Waals surface area (Å²) in [5.74, 6) is 1.12. The quantitative estimate of drug-likeness (QED) is 0.723. The van der Waals surface area contributed by atoms with Gasteiger partial charge in [0.15, 0.2) is 0 Å². The standard InChI is InChI=1S/C20H19NO4/c1-24-17-5-2-4-16(12-17)20(23)21-13-18(22)14-7-9-15(10-8-14)19-6-3-11-25-19/h2-12,18,22H,13H2,1H3,(H,21,23)/t18-/m1/s1. The Hall–Kier alpha value is -3.05. The van der Waals surface area contributed by atoms with Crippen molar-refractivity contribution in [2.45, 2.75) is 6.10 Å². The van der Waals surface area contributed by atoms with Crippen molar-refractivity contribution in [2.75, 3.05) is 13.7 Å². The normalized spacial score (nSPS) is 11.8. The summed E-state index contributed by atoms with van der Waals surface area (Å²) in [6.45, 7) is 0.121. The first-order valence-electron chi connectivity index (χ1n) is 7.91. The molecule has 2 N–H and O–H groups in total. The third-order valence-corrected chi connectivity index (χ3v) is 3.89. The number of aliphatic hydroxyl groups excluding tert-OH is 1. The summed E-state index contributed by atoms with van der Waals surface area (Å²) in [4.78, 5) is 12.2. The van der Waals surface area contributed by atoms with Crippen LogP contribution in [-0.4, -0.2) is 24.7 Å². The molecule has 0 spiro atoms. The molecule has 2 aromatic carbocycles. The molecule has 128 valence electrons. The Morgan fingerprint density at radius 3 is 2.64 bits per heavy atom. The molecule has 0 radical (unpaired) electrons.